The van der Waals surface area contributed by atoms with Crippen molar-refractivity contribution < 1.29 is 44.1 Å². The number of hydrogen-bond acceptors (Lipinski definition) is 7. The van der Waals surface area contributed by atoms with Crippen LogP contribution in [0.3, 0.4) is 0 Å². The molecule has 3 atom stereocenters. The number of rotatable bonds is 12. The van der Waals surface area contributed by atoms with Crippen molar-refractivity contribution in [2.45, 2.75) is 44.3 Å². The number of carbonyl (C=O) groups excluding carboxylic acids is 3. The Morgan fingerprint density at radius 1 is 0.852 bits per heavy atom. The van der Waals surface area contributed by atoms with Crippen LogP contribution < -0.4 is 21.7 Å². The van der Waals surface area contributed by atoms with Gasteiger partial charge in [0.05, 0.1) is 13.0 Å². The summed E-state index contributed by atoms with van der Waals surface area (Å²) in [5, 5.41) is 32.7. The Hall–Kier alpha value is -3.22. The number of carboxylic acids is 3. The molecule has 0 aliphatic heterocycles. The van der Waals surface area contributed by atoms with E-state index >= 15 is 0 Å². The number of amides is 3. The van der Waals surface area contributed by atoms with Gasteiger partial charge in [0.1, 0.15) is 18.1 Å². The molecule has 0 rings (SSSR count). The van der Waals surface area contributed by atoms with Gasteiger partial charge in [0.15, 0.2) is 0 Å². The lowest BCUT2D eigenvalue weighted by atomic mass is 10.1. The molecule has 27 heavy (non-hydrogen) atoms. The first-order valence-electron chi connectivity index (χ1n) is 7.74. The average Bonchev–Trinajstić information content (AvgIpc) is 2.56. The van der Waals surface area contributed by atoms with Crippen LogP contribution in [0.5, 0.6) is 0 Å². The summed E-state index contributed by atoms with van der Waals surface area (Å²) in [6.07, 6.45) is -1.63. The Bertz CT molecular complexity index is 607. The summed E-state index contributed by atoms with van der Waals surface area (Å²) in [5.74, 6) is -6.79. The molecule has 8 N–H and O–H groups in total. The fourth-order valence-corrected chi connectivity index (χ4v) is 1.84. The van der Waals surface area contributed by atoms with E-state index in [0.29, 0.717) is 0 Å². The number of hydrogen-bond donors (Lipinski definition) is 7. The van der Waals surface area contributed by atoms with Crippen LogP contribution >= 0.6 is 0 Å². The summed E-state index contributed by atoms with van der Waals surface area (Å²) in [4.78, 5) is 67.7. The molecule has 0 aromatic carbocycles. The molecule has 0 aromatic rings. The molecule has 13 heteroatoms. The monoisotopic (exact) mass is 390 g/mol. The van der Waals surface area contributed by atoms with Crippen LogP contribution in [0.2, 0.25) is 0 Å². The zero-order chi connectivity index (χ0) is 21.1. The van der Waals surface area contributed by atoms with E-state index in [2.05, 4.69) is 16.0 Å². The van der Waals surface area contributed by atoms with Crippen molar-refractivity contribution in [3.05, 3.63) is 0 Å². The highest BCUT2D eigenvalue weighted by Gasteiger charge is 2.28. The van der Waals surface area contributed by atoms with Crippen LogP contribution in [0.4, 0.5) is 0 Å². The smallest absolute Gasteiger partial charge is 0.326 e. The summed E-state index contributed by atoms with van der Waals surface area (Å²) >= 11 is 0. The van der Waals surface area contributed by atoms with Gasteiger partial charge >= 0.3 is 17.9 Å². The predicted molar refractivity (Wildman–Crippen MR) is 87.3 cm³/mol. The Balaban J connectivity index is 4.90. The molecule has 3 unspecified atom stereocenters. The highest BCUT2D eigenvalue weighted by atomic mass is 16.4. The minimum atomic E-state index is -1.49. The number of nitrogens with two attached hydrogens (primary N) is 1. The van der Waals surface area contributed by atoms with E-state index in [0.717, 1.165) is 0 Å². The topological polar surface area (TPSA) is 225 Å². The molecule has 0 heterocycles. The maximum atomic E-state index is 12.1. The first-order valence-corrected chi connectivity index (χ1v) is 7.74. The molecule has 0 radical (unpaired) electrons. The van der Waals surface area contributed by atoms with Gasteiger partial charge in [0.25, 0.3) is 0 Å². The Kier molecular flexibility index (Phi) is 10.0. The van der Waals surface area contributed by atoms with E-state index in [1.165, 1.54) is 6.92 Å². The Labute approximate surface area is 153 Å². The number of aliphatic carboxylic acids is 3. The lowest BCUT2D eigenvalue weighted by Crippen LogP contribution is -2.55. The number of nitrogens with one attached hydrogen (secondary N) is 3. The molecule has 0 spiro atoms. The zero-order valence-corrected chi connectivity index (χ0v) is 14.4. The van der Waals surface area contributed by atoms with E-state index in [1.54, 1.807) is 0 Å². The van der Waals surface area contributed by atoms with E-state index in [4.69, 9.17) is 21.1 Å². The summed E-state index contributed by atoms with van der Waals surface area (Å²) in [6, 6.07) is -4.26. The molecule has 3 amide bonds. The minimum Gasteiger partial charge on any atom is -0.481 e. The van der Waals surface area contributed by atoms with Crippen LogP contribution in [0.25, 0.3) is 0 Å². The van der Waals surface area contributed by atoms with Crippen molar-refractivity contribution in [2.75, 3.05) is 6.54 Å². The molecule has 0 saturated heterocycles. The van der Waals surface area contributed by atoms with Crippen molar-refractivity contribution in [1.29, 1.82) is 0 Å². The van der Waals surface area contributed by atoms with Crippen LogP contribution in [0.15, 0.2) is 0 Å². The highest BCUT2D eigenvalue weighted by molar-refractivity contribution is 5.95. The fourth-order valence-electron chi connectivity index (χ4n) is 1.84. The van der Waals surface area contributed by atoms with Gasteiger partial charge in [-0.15, -0.1) is 0 Å². The summed E-state index contributed by atoms with van der Waals surface area (Å²) in [7, 11) is 0. The molecular weight excluding hydrogens is 368 g/mol. The van der Waals surface area contributed by atoms with Gasteiger partial charge < -0.3 is 37.0 Å². The first kappa shape index (κ1) is 23.8. The standard InChI is InChI=1S/C14H22N4O9/c1-6(12(24)18-7(14(26)27)2-3-10(20)21)16-13(25)8(4-11(22)23)17-9(19)5-15/h6-8H,2-5,15H2,1H3,(H,16,25)(H,17,19)(H,18,24)(H,20,21)(H,22,23)(H,26,27). The van der Waals surface area contributed by atoms with Crippen LogP contribution in [0.1, 0.15) is 26.2 Å². The summed E-state index contributed by atoms with van der Waals surface area (Å²) < 4.78 is 0. The number of carboxylic acid groups (broad SMARTS) is 3. The van der Waals surface area contributed by atoms with Crippen LogP contribution in [-0.2, 0) is 28.8 Å². The summed E-state index contributed by atoms with van der Waals surface area (Å²) in [6.45, 7) is 0.717. The van der Waals surface area contributed by atoms with Gasteiger partial charge in [-0.2, -0.15) is 0 Å². The Morgan fingerprint density at radius 3 is 1.89 bits per heavy atom. The highest BCUT2D eigenvalue weighted by Crippen LogP contribution is 2.00. The van der Waals surface area contributed by atoms with E-state index in [-0.39, 0.29) is 6.42 Å². The van der Waals surface area contributed by atoms with Gasteiger partial charge in [-0.3, -0.25) is 24.0 Å². The van der Waals surface area contributed by atoms with E-state index in [1.807, 2.05) is 0 Å². The molecule has 0 aliphatic rings. The Morgan fingerprint density at radius 2 is 1.44 bits per heavy atom. The van der Waals surface area contributed by atoms with Crippen molar-refractivity contribution >= 4 is 35.6 Å². The molecular formula is C14H22N4O9. The van der Waals surface area contributed by atoms with E-state index in [9.17, 15) is 28.8 Å². The first-order chi connectivity index (χ1) is 12.5. The van der Waals surface area contributed by atoms with E-state index < -0.39 is 73.1 Å². The maximum Gasteiger partial charge on any atom is 0.326 e. The van der Waals surface area contributed by atoms with Gasteiger partial charge in [0.2, 0.25) is 17.7 Å². The molecule has 0 fully saturated rings. The third-order valence-corrected chi connectivity index (χ3v) is 3.23. The largest absolute Gasteiger partial charge is 0.481 e. The van der Waals surface area contributed by atoms with Crippen molar-refractivity contribution in [3.8, 4) is 0 Å². The van der Waals surface area contributed by atoms with Gasteiger partial charge in [0, 0.05) is 6.42 Å². The molecule has 0 saturated carbocycles. The average molecular weight is 390 g/mol. The third-order valence-electron chi connectivity index (χ3n) is 3.23. The van der Waals surface area contributed by atoms with Crippen LogP contribution in [-0.4, -0.2) is 75.6 Å². The quantitative estimate of drug-likeness (QED) is 0.177. The summed E-state index contributed by atoms with van der Waals surface area (Å²) in [5.41, 5.74) is 5.08. The molecule has 0 aromatic heterocycles. The second-order valence-corrected chi connectivity index (χ2v) is 5.48. The SMILES string of the molecule is CC(NC(=O)C(CC(=O)O)NC(=O)CN)C(=O)NC(CCC(=O)O)C(=O)O. The van der Waals surface area contributed by atoms with Crippen molar-refractivity contribution in [3.63, 3.8) is 0 Å². The van der Waals surface area contributed by atoms with Gasteiger partial charge in [-0.25, -0.2) is 4.79 Å². The van der Waals surface area contributed by atoms with Crippen molar-refractivity contribution in [2.24, 2.45) is 5.73 Å². The predicted octanol–water partition coefficient (Wildman–Crippen LogP) is -3.16. The molecule has 0 aliphatic carbocycles. The zero-order valence-electron chi connectivity index (χ0n) is 14.4. The van der Waals surface area contributed by atoms with Gasteiger partial charge in [-0.1, -0.05) is 0 Å². The van der Waals surface area contributed by atoms with Crippen LogP contribution in [0, 0.1) is 0 Å². The second-order valence-electron chi connectivity index (χ2n) is 5.48. The van der Waals surface area contributed by atoms with Crippen molar-refractivity contribution in [1.82, 2.24) is 16.0 Å². The minimum absolute atomic E-state index is 0.370. The third kappa shape index (κ3) is 9.74. The normalized spacial score (nSPS) is 13.6. The second kappa shape index (κ2) is 11.4. The molecule has 13 nitrogen and oxygen atoms in total. The lowest BCUT2D eigenvalue weighted by Gasteiger charge is -2.21. The fraction of sp³-hybridized carbons (Fsp3) is 0.571. The van der Waals surface area contributed by atoms with Gasteiger partial charge in [-0.05, 0) is 13.3 Å². The number of carbonyl (C=O) groups is 6. The lowest BCUT2D eigenvalue weighted by molar-refractivity contribution is -0.144. The maximum absolute atomic E-state index is 12.1. The molecule has 152 valence electrons. The molecule has 0 bridgehead atoms.